The molecule has 4 heterocycles. The molecule has 0 bridgehead atoms. The molecule has 1 N–H and O–H groups in total. The van der Waals surface area contributed by atoms with Crippen LogP contribution in [0, 0.1) is 5.82 Å². The third-order valence-corrected chi connectivity index (χ3v) is 5.52. The Kier molecular flexibility index (Phi) is 4.87. The number of fused-ring (bicyclic) bond motifs is 3. The Balaban J connectivity index is 1.39. The molecule has 166 valence electrons. The summed E-state index contributed by atoms with van der Waals surface area (Å²) in [5.74, 6) is 0.580. The second kappa shape index (κ2) is 7.74. The highest BCUT2D eigenvalue weighted by molar-refractivity contribution is 5.89. The van der Waals surface area contributed by atoms with E-state index < -0.39 is 18.3 Å². The van der Waals surface area contributed by atoms with Gasteiger partial charge in [-0.1, -0.05) is 0 Å². The van der Waals surface area contributed by atoms with Crippen LogP contribution in [0.3, 0.4) is 0 Å². The molecule has 2 aliphatic heterocycles. The number of carbonyl (C=O) groups is 1. The van der Waals surface area contributed by atoms with E-state index in [1.54, 1.807) is 12.4 Å². The summed E-state index contributed by atoms with van der Waals surface area (Å²) in [4.78, 5) is 26.4. The number of aromatic nitrogens is 4. The van der Waals surface area contributed by atoms with Crippen molar-refractivity contribution in [2.24, 2.45) is 0 Å². The summed E-state index contributed by atoms with van der Waals surface area (Å²) >= 11 is 0. The number of ether oxygens (including phenoxy) is 2. The predicted octanol–water partition coefficient (Wildman–Crippen LogP) is 3.55. The molecule has 1 aromatic carbocycles. The van der Waals surface area contributed by atoms with Gasteiger partial charge >= 0.3 is 6.09 Å². The molecule has 1 saturated heterocycles. The van der Waals surface area contributed by atoms with Gasteiger partial charge in [0.2, 0.25) is 5.95 Å². The van der Waals surface area contributed by atoms with Gasteiger partial charge in [-0.05, 0) is 32.0 Å². The fourth-order valence-electron chi connectivity index (χ4n) is 3.90. The van der Waals surface area contributed by atoms with Crippen LogP contribution in [0.15, 0.2) is 36.8 Å². The van der Waals surface area contributed by atoms with Gasteiger partial charge in [0, 0.05) is 12.3 Å². The van der Waals surface area contributed by atoms with Crippen LogP contribution in [0.25, 0.3) is 5.69 Å². The molecule has 5 rings (SSSR count). The van der Waals surface area contributed by atoms with Crippen molar-refractivity contribution in [1.29, 1.82) is 0 Å². The number of hydrogen-bond acceptors (Lipinski definition) is 7. The lowest BCUT2D eigenvalue weighted by Gasteiger charge is -2.23. The van der Waals surface area contributed by atoms with Gasteiger partial charge in [-0.15, -0.1) is 0 Å². The fraction of sp³-hybridized carbons (Fsp3) is 0.333. The van der Waals surface area contributed by atoms with E-state index in [0.29, 0.717) is 17.1 Å². The number of halogens is 2. The summed E-state index contributed by atoms with van der Waals surface area (Å²) in [5, 5.41) is 3.16. The Bertz CT molecular complexity index is 1180. The summed E-state index contributed by atoms with van der Waals surface area (Å²) < 4.78 is 40.0. The van der Waals surface area contributed by atoms with Crippen molar-refractivity contribution < 1.29 is 23.0 Å². The second-order valence-corrected chi connectivity index (χ2v) is 7.64. The van der Waals surface area contributed by atoms with E-state index >= 15 is 0 Å². The van der Waals surface area contributed by atoms with Gasteiger partial charge < -0.3 is 14.8 Å². The number of rotatable bonds is 5. The highest BCUT2D eigenvalue weighted by Crippen LogP contribution is 2.33. The number of imidazole rings is 1. The van der Waals surface area contributed by atoms with E-state index in [1.807, 2.05) is 11.5 Å². The number of alkyl halides is 1. The SMILES string of the molecule is CC(Nc1nccc(N2C(=O)OC[C@@H]2C(C)F)n1)c1ncn2c1COc1cc(F)ccc1-2. The van der Waals surface area contributed by atoms with Gasteiger partial charge in [-0.3, -0.25) is 9.47 Å². The summed E-state index contributed by atoms with van der Waals surface area (Å²) in [6.07, 6.45) is 1.22. The first kappa shape index (κ1) is 20.2. The lowest BCUT2D eigenvalue weighted by atomic mass is 10.1. The van der Waals surface area contributed by atoms with Crippen LogP contribution in [0.2, 0.25) is 0 Å². The van der Waals surface area contributed by atoms with Crippen molar-refractivity contribution in [3.05, 3.63) is 54.0 Å². The third kappa shape index (κ3) is 3.39. The molecule has 3 atom stereocenters. The zero-order valence-corrected chi connectivity index (χ0v) is 17.3. The average molecular weight is 442 g/mol. The van der Waals surface area contributed by atoms with Crippen molar-refractivity contribution in [1.82, 2.24) is 19.5 Å². The maximum Gasteiger partial charge on any atom is 0.416 e. The van der Waals surface area contributed by atoms with Crippen molar-refractivity contribution in [3.8, 4) is 11.4 Å². The number of benzene rings is 1. The molecule has 0 saturated carbocycles. The lowest BCUT2D eigenvalue weighted by molar-refractivity contribution is 0.174. The number of carbonyl (C=O) groups excluding carboxylic acids is 1. The van der Waals surface area contributed by atoms with Crippen LogP contribution < -0.4 is 15.0 Å². The Hall–Kier alpha value is -3.76. The zero-order valence-electron chi connectivity index (χ0n) is 17.3. The zero-order chi connectivity index (χ0) is 22.4. The first-order valence-electron chi connectivity index (χ1n) is 10.1. The number of cyclic esters (lactones) is 1. The molecule has 0 spiro atoms. The quantitative estimate of drug-likeness (QED) is 0.646. The maximum absolute atomic E-state index is 13.9. The molecular formula is C21H20F2N6O3. The highest BCUT2D eigenvalue weighted by Gasteiger charge is 2.39. The first-order chi connectivity index (χ1) is 15.4. The van der Waals surface area contributed by atoms with Crippen molar-refractivity contribution in [2.45, 2.75) is 38.7 Å². The van der Waals surface area contributed by atoms with E-state index in [4.69, 9.17) is 9.47 Å². The molecule has 0 radical (unpaired) electrons. The molecule has 11 heteroatoms. The predicted molar refractivity (Wildman–Crippen MR) is 110 cm³/mol. The molecule has 0 aliphatic carbocycles. The molecule has 2 unspecified atom stereocenters. The normalized spacial score (nSPS) is 18.9. The minimum Gasteiger partial charge on any atom is -0.485 e. The van der Waals surface area contributed by atoms with Crippen molar-refractivity contribution >= 4 is 17.9 Å². The van der Waals surface area contributed by atoms with Crippen LogP contribution >= 0.6 is 0 Å². The summed E-state index contributed by atoms with van der Waals surface area (Å²) in [6.45, 7) is 3.45. The molecule has 1 fully saturated rings. The van der Waals surface area contributed by atoms with Gasteiger partial charge in [0.1, 0.15) is 49.1 Å². The summed E-state index contributed by atoms with van der Waals surface area (Å²) in [5.41, 5.74) is 2.23. The average Bonchev–Trinajstić information content (AvgIpc) is 3.37. The summed E-state index contributed by atoms with van der Waals surface area (Å²) in [6, 6.07) is 4.82. The number of anilines is 2. The minimum atomic E-state index is -1.28. The number of nitrogens with one attached hydrogen (secondary N) is 1. The van der Waals surface area contributed by atoms with Crippen LogP contribution in [0.4, 0.5) is 25.3 Å². The van der Waals surface area contributed by atoms with Gasteiger partial charge in [0.05, 0.1) is 23.1 Å². The van der Waals surface area contributed by atoms with E-state index in [-0.39, 0.29) is 36.8 Å². The van der Waals surface area contributed by atoms with Gasteiger partial charge in [-0.2, -0.15) is 4.98 Å². The Morgan fingerprint density at radius 1 is 1.22 bits per heavy atom. The maximum atomic E-state index is 13.9. The standard InChI is InChI=1S/C21H20F2N6O3/c1-11(22)15-8-32-21(30)29(15)18-5-6-24-20(27-18)26-12(2)19-16-9-31-17-7-13(23)3-4-14(17)28(16)10-25-19/h3-7,10-12,15H,8-9H2,1-2H3,(H,24,26,27)/t11?,12?,15-/m1/s1. The highest BCUT2D eigenvalue weighted by atomic mass is 19.1. The topological polar surface area (TPSA) is 94.4 Å². The van der Waals surface area contributed by atoms with Crippen LogP contribution in [0.5, 0.6) is 5.75 Å². The van der Waals surface area contributed by atoms with Crippen molar-refractivity contribution in [2.75, 3.05) is 16.8 Å². The first-order valence-corrected chi connectivity index (χ1v) is 10.1. The summed E-state index contributed by atoms with van der Waals surface area (Å²) in [7, 11) is 0. The number of nitrogens with zero attached hydrogens (tertiary/aromatic N) is 5. The van der Waals surface area contributed by atoms with Crippen LogP contribution in [-0.2, 0) is 11.3 Å². The smallest absolute Gasteiger partial charge is 0.416 e. The van der Waals surface area contributed by atoms with Crippen molar-refractivity contribution in [3.63, 3.8) is 0 Å². The number of hydrogen-bond donors (Lipinski definition) is 1. The van der Waals surface area contributed by atoms with E-state index in [9.17, 15) is 13.6 Å². The monoisotopic (exact) mass is 442 g/mol. The molecule has 2 aromatic heterocycles. The Morgan fingerprint density at radius 3 is 2.88 bits per heavy atom. The Morgan fingerprint density at radius 2 is 2.06 bits per heavy atom. The minimum absolute atomic E-state index is 0.0359. The molecule has 1 amide bonds. The van der Waals surface area contributed by atoms with Gasteiger partial charge in [0.25, 0.3) is 0 Å². The van der Waals surface area contributed by atoms with Crippen LogP contribution in [-0.4, -0.2) is 44.4 Å². The molecular weight excluding hydrogens is 422 g/mol. The second-order valence-electron chi connectivity index (χ2n) is 7.64. The molecule has 3 aromatic rings. The van der Waals surface area contributed by atoms with Gasteiger partial charge in [0.15, 0.2) is 0 Å². The number of amides is 1. The molecule has 9 nitrogen and oxygen atoms in total. The fourth-order valence-corrected chi connectivity index (χ4v) is 3.90. The Labute approximate surface area is 182 Å². The van der Waals surface area contributed by atoms with E-state index in [0.717, 1.165) is 5.69 Å². The molecule has 2 aliphatic rings. The van der Waals surface area contributed by atoms with Crippen LogP contribution in [0.1, 0.15) is 31.3 Å². The molecule has 32 heavy (non-hydrogen) atoms. The lowest BCUT2D eigenvalue weighted by Crippen LogP contribution is -2.39. The largest absolute Gasteiger partial charge is 0.485 e. The van der Waals surface area contributed by atoms with E-state index in [1.165, 1.54) is 36.2 Å². The van der Waals surface area contributed by atoms with Gasteiger partial charge in [-0.25, -0.2) is 23.5 Å². The van der Waals surface area contributed by atoms with E-state index in [2.05, 4.69) is 20.3 Å². The third-order valence-electron chi connectivity index (χ3n) is 5.52.